The van der Waals surface area contributed by atoms with Crippen LogP contribution in [0.1, 0.15) is 32.6 Å². The zero-order valence-electron chi connectivity index (χ0n) is 11.1. The van der Waals surface area contributed by atoms with Crippen LogP contribution in [0, 0.1) is 24.3 Å². The van der Waals surface area contributed by atoms with Crippen LogP contribution in [0.25, 0.3) is 0 Å². The van der Waals surface area contributed by atoms with Gasteiger partial charge in [0.05, 0.1) is 5.02 Å². The summed E-state index contributed by atoms with van der Waals surface area (Å²) in [4.78, 5) is 12.6. The zero-order chi connectivity index (χ0) is 14.2. The number of aryl methyl sites for hydroxylation is 3. The highest BCUT2D eigenvalue weighted by Gasteiger charge is 2.15. The molecule has 2 rings (SSSR count). The largest absolute Gasteiger partial charge is 0.289 e. The molecule has 0 spiro atoms. The molecule has 1 nitrogen and oxygen atoms in total. The van der Waals surface area contributed by atoms with Crippen molar-refractivity contribution in [1.82, 2.24) is 0 Å². The van der Waals surface area contributed by atoms with Crippen molar-refractivity contribution in [2.75, 3.05) is 0 Å². The summed E-state index contributed by atoms with van der Waals surface area (Å²) >= 11 is 8.24. The van der Waals surface area contributed by atoms with Crippen LogP contribution in [0.2, 0.25) is 5.02 Å². The Morgan fingerprint density at radius 2 is 1.63 bits per heavy atom. The Morgan fingerprint density at radius 1 is 1.05 bits per heavy atom. The van der Waals surface area contributed by atoms with E-state index < -0.39 is 0 Å². The third-order valence-electron chi connectivity index (χ3n) is 3.09. The highest BCUT2D eigenvalue weighted by Crippen LogP contribution is 2.24. The minimum Gasteiger partial charge on any atom is -0.289 e. The van der Waals surface area contributed by atoms with Gasteiger partial charge in [-0.2, -0.15) is 0 Å². The molecule has 0 unspecified atom stereocenters. The first-order valence-electron chi connectivity index (χ1n) is 5.97. The van der Waals surface area contributed by atoms with E-state index in [1.165, 1.54) is 5.56 Å². The molecule has 0 fully saturated rings. The molecule has 2 aromatic carbocycles. The molecule has 0 bridgehead atoms. The number of hydrogen-bond acceptors (Lipinski definition) is 1. The predicted molar refractivity (Wildman–Crippen MR) is 88.3 cm³/mol. The minimum absolute atomic E-state index is 0.0355. The maximum atomic E-state index is 12.6. The molecule has 0 atom stereocenters. The molecule has 0 saturated heterocycles. The molecule has 98 valence electrons. The quantitative estimate of drug-likeness (QED) is 0.520. The molecule has 0 aliphatic rings. The first-order valence-corrected chi connectivity index (χ1v) is 7.43. The van der Waals surface area contributed by atoms with Crippen molar-refractivity contribution >= 4 is 40.0 Å². The van der Waals surface area contributed by atoms with Crippen LogP contribution >= 0.6 is 34.2 Å². The lowest BCUT2D eigenvalue weighted by Gasteiger charge is -2.11. The van der Waals surface area contributed by atoms with Gasteiger partial charge < -0.3 is 0 Å². The van der Waals surface area contributed by atoms with E-state index in [1.807, 2.05) is 45.0 Å². The zero-order valence-corrected chi connectivity index (χ0v) is 14.0. The lowest BCUT2D eigenvalue weighted by atomic mass is 9.93. The number of hydrogen-bond donors (Lipinski definition) is 0. The van der Waals surface area contributed by atoms with Crippen LogP contribution < -0.4 is 0 Å². The fourth-order valence-corrected chi connectivity index (χ4v) is 2.84. The minimum atomic E-state index is 0.0355. The van der Waals surface area contributed by atoms with E-state index in [0.29, 0.717) is 10.6 Å². The van der Waals surface area contributed by atoms with Gasteiger partial charge in [-0.3, -0.25) is 4.79 Å². The van der Waals surface area contributed by atoms with Crippen molar-refractivity contribution in [3.05, 3.63) is 66.7 Å². The van der Waals surface area contributed by atoms with Crippen molar-refractivity contribution < 1.29 is 4.79 Å². The molecular formula is C16H14ClIO. The van der Waals surface area contributed by atoms with Gasteiger partial charge in [-0.15, -0.1) is 0 Å². The summed E-state index contributed by atoms with van der Waals surface area (Å²) in [7, 11) is 0. The Morgan fingerprint density at radius 3 is 2.16 bits per heavy atom. The lowest BCUT2D eigenvalue weighted by molar-refractivity contribution is 0.103. The third kappa shape index (κ3) is 3.00. The normalized spacial score (nSPS) is 10.6. The molecule has 0 amide bonds. The van der Waals surface area contributed by atoms with Crippen molar-refractivity contribution in [3.8, 4) is 0 Å². The number of carbonyl (C=O) groups is 1. The molecule has 0 saturated carbocycles. The highest BCUT2D eigenvalue weighted by atomic mass is 127. The Kier molecular flexibility index (Phi) is 4.31. The van der Waals surface area contributed by atoms with Crippen molar-refractivity contribution in [3.63, 3.8) is 0 Å². The van der Waals surface area contributed by atoms with E-state index >= 15 is 0 Å². The van der Waals surface area contributed by atoms with E-state index in [2.05, 4.69) is 22.6 Å². The summed E-state index contributed by atoms with van der Waals surface area (Å²) in [5, 5.41) is 0.619. The topological polar surface area (TPSA) is 17.1 Å². The van der Waals surface area contributed by atoms with Gasteiger partial charge >= 0.3 is 0 Å². The molecule has 0 aliphatic heterocycles. The second-order valence-corrected chi connectivity index (χ2v) is 6.30. The van der Waals surface area contributed by atoms with Crippen LogP contribution in [0.5, 0.6) is 0 Å². The van der Waals surface area contributed by atoms with E-state index in [-0.39, 0.29) is 5.78 Å². The number of benzene rings is 2. The van der Waals surface area contributed by atoms with Gasteiger partial charge in [-0.1, -0.05) is 29.3 Å². The summed E-state index contributed by atoms with van der Waals surface area (Å²) in [6, 6.07) is 9.51. The molecule has 0 aromatic heterocycles. The van der Waals surface area contributed by atoms with E-state index in [4.69, 9.17) is 11.6 Å². The van der Waals surface area contributed by atoms with Gasteiger partial charge in [0.2, 0.25) is 0 Å². The maximum absolute atomic E-state index is 12.6. The number of rotatable bonds is 2. The first kappa shape index (κ1) is 14.5. The summed E-state index contributed by atoms with van der Waals surface area (Å²) in [6.45, 7) is 5.99. The number of halogens is 2. The highest BCUT2D eigenvalue weighted by molar-refractivity contribution is 14.1. The summed E-state index contributed by atoms with van der Waals surface area (Å²) < 4.78 is 0.952. The van der Waals surface area contributed by atoms with Crippen LogP contribution in [-0.2, 0) is 0 Å². The molecule has 3 heteroatoms. The van der Waals surface area contributed by atoms with Crippen molar-refractivity contribution in [2.45, 2.75) is 20.8 Å². The SMILES string of the molecule is Cc1cc(C)c(C(=O)c2ccc(I)c(Cl)c2)c(C)c1. The van der Waals surface area contributed by atoms with Crippen LogP contribution in [-0.4, -0.2) is 5.78 Å². The van der Waals surface area contributed by atoms with E-state index in [9.17, 15) is 4.79 Å². The van der Waals surface area contributed by atoms with Crippen LogP contribution in [0.15, 0.2) is 30.3 Å². The van der Waals surface area contributed by atoms with Gasteiger partial charge in [-0.05, 0) is 72.7 Å². The molecular weight excluding hydrogens is 371 g/mol. The number of ketones is 1. The van der Waals surface area contributed by atoms with Gasteiger partial charge in [-0.25, -0.2) is 0 Å². The molecule has 0 radical (unpaired) electrons. The Labute approximate surface area is 132 Å². The van der Waals surface area contributed by atoms with Crippen LogP contribution in [0.3, 0.4) is 0 Å². The predicted octanol–water partition coefficient (Wildman–Crippen LogP) is 5.10. The number of carbonyl (C=O) groups excluding carboxylic acids is 1. The van der Waals surface area contributed by atoms with E-state index in [1.54, 1.807) is 6.07 Å². The molecule has 0 aliphatic carbocycles. The average Bonchev–Trinajstić information content (AvgIpc) is 2.31. The van der Waals surface area contributed by atoms with Crippen molar-refractivity contribution in [1.29, 1.82) is 0 Å². The second-order valence-electron chi connectivity index (χ2n) is 4.73. The average molecular weight is 385 g/mol. The summed E-state index contributed by atoms with van der Waals surface area (Å²) in [6.07, 6.45) is 0. The van der Waals surface area contributed by atoms with Crippen LogP contribution in [0.4, 0.5) is 0 Å². The second kappa shape index (κ2) is 5.63. The molecule has 19 heavy (non-hydrogen) atoms. The monoisotopic (exact) mass is 384 g/mol. The molecule has 2 aromatic rings. The van der Waals surface area contributed by atoms with Gasteiger partial charge in [0.25, 0.3) is 0 Å². The fourth-order valence-electron chi connectivity index (χ4n) is 2.32. The summed E-state index contributed by atoms with van der Waals surface area (Å²) in [5.41, 5.74) is 4.62. The Bertz CT molecular complexity index is 639. The fraction of sp³-hybridized carbons (Fsp3) is 0.188. The lowest BCUT2D eigenvalue weighted by Crippen LogP contribution is -2.07. The first-order chi connectivity index (χ1) is 8.90. The van der Waals surface area contributed by atoms with Gasteiger partial charge in [0.15, 0.2) is 5.78 Å². The van der Waals surface area contributed by atoms with Gasteiger partial charge in [0.1, 0.15) is 0 Å². The Hall–Kier alpha value is -0.870. The van der Waals surface area contributed by atoms with Crippen molar-refractivity contribution in [2.24, 2.45) is 0 Å². The molecule has 0 N–H and O–H groups in total. The maximum Gasteiger partial charge on any atom is 0.193 e. The Balaban J connectivity index is 2.53. The summed E-state index contributed by atoms with van der Waals surface area (Å²) in [5.74, 6) is 0.0355. The van der Waals surface area contributed by atoms with E-state index in [0.717, 1.165) is 20.3 Å². The standard InChI is InChI=1S/C16H14ClIO/c1-9-6-10(2)15(11(3)7-9)16(19)12-4-5-14(18)13(17)8-12/h4-8H,1-3H3. The smallest absolute Gasteiger partial charge is 0.193 e. The molecule has 0 heterocycles. The van der Waals surface area contributed by atoms with Gasteiger partial charge in [0, 0.05) is 14.7 Å². The third-order valence-corrected chi connectivity index (χ3v) is 4.66.